The lowest BCUT2D eigenvalue weighted by Crippen LogP contribution is -2.08. The van der Waals surface area contributed by atoms with Gasteiger partial charge in [-0.15, -0.1) is 0 Å². The van der Waals surface area contributed by atoms with Gasteiger partial charge in [0, 0.05) is 17.1 Å². The average molecular weight is 367 g/mol. The molecule has 136 valence electrons. The minimum absolute atomic E-state index is 0.174. The van der Waals surface area contributed by atoms with Crippen LogP contribution in [0.3, 0.4) is 0 Å². The predicted molar refractivity (Wildman–Crippen MR) is 96.0 cm³/mol. The minimum atomic E-state index is -0.772. The van der Waals surface area contributed by atoms with Gasteiger partial charge in [0.2, 0.25) is 6.41 Å². The number of rotatable bonds is 4. The molecule has 0 fully saturated rings. The molecule has 27 heavy (non-hydrogen) atoms. The monoisotopic (exact) mass is 367 g/mol. The van der Waals surface area contributed by atoms with Gasteiger partial charge in [-0.3, -0.25) is 9.89 Å². The average Bonchev–Trinajstić information content (AvgIpc) is 3.28. The van der Waals surface area contributed by atoms with Crippen molar-refractivity contribution < 1.29 is 18.7 Å². The summed E-state index contributed by atoms with van der Waals surface area (Å²) < 4.78 is 21.4. The number of aromatic amines is 1. The molecule has 2 N–H and O–H groups in total. The Kier molecular flexibility index (Phi) is 3.84. The Morgan fingerprint density at radius 3 is 2.93 bits per heavy atom. The highest BCUT2D eigenvalue weighted by Gasteiger charge is 2.24. The number of hydrogen-bond acceptors (Lipinski definition) is 5. The fourth-order valence-electron chi connectivity index (χ4n) is 3.21. The fourth-order valence-corrected chi connectivity index (χ4v) is 3.21. The molecule has 0 unspecified atom stereocenters. The first-order valence-corrected chi connectivity index (χ1v) is 7.98. The van der Waals surface area contributed by atoms with Gasteiger partial charge < -0.3 is 14.5 Å². The standard InChI is InChI=1S/C18H14FN5O3/c1-9-14(10-3-4-13-22-12(20-8-25)7-24(13)6-10)11-5-21-23-17(11)15(16(9)19)18(26)27-2/h3-8H,1-2H3,(H,20,25)(H,21,23). The number of carbonyl (C=O) groups excluding carboxylic acids is 2. The number of nitrogens with zero attached hydrogens (tertiary/aromatic N) is 3. The van der Waals surface area contributed by atoms with E-state index in [1.54, 1.807) is 42.0 Å². The van der Waals surface area contributed by atoms with E-state index in [0.717, 1.165) is 0 Å². The molecule has 1 amide bonds. The first kappa shape index (κ1) is 16.7. The van der Waals surface area contributed by atoms with E-state index in [2.05, 4.69) is 20.5 Å². The number of methoxy groups -OCH3 is 1. The van der Waals surface area contributed by atoms with E-state index in [1.165, 1.54) is 7.11 Å². The lowest BCUT2D eigenvalue weighted by atomic mass is 9.94. The maximum absolute atomic E-state index is 15.0. The Labute approximate surface area is 152 Å². The Hall–Kier alpha value is -3.75. The molecule has 9 heteroatoms. The van der Waals surface area contributed by atoms with Gasteiger partial charge in [0.15, 0.2) is 5.82 Å². The normalized spacial score (nSPS) is 11.1. The van der Waals surface area contributed by atoms with E-state index >= 15 is 0 Å². The summed E-state index contributed by atoms with van der Waals surface area (Å²) in [6.07, 6.45) is 5.50. The highest BCUT2D eigenvalue weighted by Crippen LogP contribution is 2.36. The molecule has 4 rings (SSSR count). The Balaban J connectivity index is 1.98. The van der Waals surface area contributed by atoms with Crippen molar-refractivity contribution in [2.45, 2.75) is 6.92 Å². The molecule has 8 nitrogen and oxygen atoms in total. The van der Waals surface area contributed by atoms with Crippen molar-refractivity contribution in [3.05, 3.63) is 47.7 Å². The van der Waals surface area contributed by atoms with Crippen molar-refractivity contribution in [2.75, 3.05) is 12.4 Å². The molecular weight excluding hydrogens is 353 g/mol. The van der Waals surface area contributed by atoms with E-state index in [9.17, 15) is 14.0 Å². The first-order valence-electron chi connectivity index (χ1n) is 7.98. The smallest absolute Gasteiger partial charge is 0.343 e. The van der Waals surface area contributed by atoms with Gasteiger partial charge in [0.25, 0.3) is 0 Å². The van der Waals surface area contributed by atoms with E-state index in [4.69, 9.17) is 4.74 Å². The summed E-state index contributed by atoms with van der Waals surface area (Å²) in [4.78, 5) is 26.9. The van der Waals surface area contributed by atoms with Crippen LogP contribution in [0, 0.1) is 12.7 Å². The van der Waals surface area contributed by atoms with Crippen molar-refractivity contribution in [2.24, 2.45) is 0 Å². The molecule has 4 aromatic rings. The number of fused-ring (bicyclic) bond motifs is 2. The third kappa shape index (κ3) is 2.51. The number of ether oxygens (including phenoxy) is 1. The van der Waals surface area contributed by atoms with Crippen LogP contribution in [0.2, 0.25) is 0 Å². The zero-order chi connectivity index (χ0) is 19.1. The number of nitrogens with one attached hydrogen (secondary N) is 2. The number of pyridine rings is 1. The molecule has 0 saturated heterocycles. The molecule has 0 aliphatic carbocycles. The molecular formula is C18H14FN5O3. The number of carbonyl (C=O) groups is 2. The highest BCUT2D eigenvalue weighted by molar-refractivity contribution is 6.08. The zero-order valence-electron chi connectivity index (χ0n) is 14.4. The van der Waals surface area contributed by atoms with Gasteiger partial charge in [-0.05, 0) is 30.2 Å². The van der Waals surface area contributed by atoms with Crippen molar-refractivity contribution in [1.29, 1.82) is 0 Å². The van der Waals surface area contributed by atoms with Gasteiger partial charge >= 0.3 is 5.97 Å². The largest absolute Gasteiger partial charge is 0.465 e. The molecule has 0 bridgehead atoms. The number of halogens is 1. The van der Waals surface area contributed by atoms with Crippen LogP contribution in [0.4, 0.5) is 10.2 Å². The summed E-state index contributed by atoms with van der Waals surface area (Å²) in [6, 6.07) is 3.54. The van der Waals surface area contributed by atoms with Gasteiger partial charge in [0.1, 0.15) is 17.0 Å². The van der Waals surface area contributed by atoms with E-state index in [-0.39, 0.29) is 11.1 Å². The quantitative estimate of drug-likeness (QED) is 0.427. The number of anilines is 1. The lowest BCUT2D eigenvalue weighted by molar-refractivity contribution is -0.105. The lowest BCUT2D eigenvalue weighted by Gasteiger charge is -2.13. The summed E-state index contributed by atoms with van der Waals surface area (Å²) in [7, 11) is 1.20. The van der Waals surface area contributed by atoms with Gasteiger partial charge in [-0.25, -0.2) is 14.2 Å². The Morgan fingerprint density at radius 1 is 1.37 bits per heavy atom. The van der Waals surface area contributed by atoms with Crippen molar-refractivity contribution in [3.8, 4) is 11.1 Å². The maximum atomic E-state index is 15.0. The van der Waals surface area contributed by atoms with Crippen LogP contribution in [0.25, 0.3) is 27.7 Å². The summed E-state index contributed by atoms with van der Waals surface area (Å²) in [5.74, 6) is -1.03. The molecule has 3 aromatic heterocycles. The first-order chi connectivity index (χ1) is 13.0. The van der Waals surface area contributed by atoms with Crippen LogP contribution in [0.15, 0.2) is 30.7 Å². The second-order valence-corrected chi connectivity index (χ2v) is 5.91. The molecule has 0 aliphatic rings. The van der Waals surface area contributed by atoms with Crippen molar-refractivity contribution in [1.82, 2.24) is 19.6 Å². The van der Waals surface area contributed by atoms with Crippen LogP contribution in [-0.4, -0.2) is 39.1 Å². The van der Waals surface area contributed by atoms with Crippen LogP contribution >= 0.6 is 0 Å². The second kappa shape index (κ2) is 6.20. The maximum Gasteiger partial charge on any atom is 0.343 e. The number of esters is 1. The van der Waals surface area contributed by atoms with Crippen molar-refractivity contribution in [3.63, 3.8) is 0 Å². The SMILES string of the molecule is COC(=O)c1c(F)c(C)c(-c2ccc3nc(NC=O)cn3c2)c2cn[nH]c12. The highest BCUT2D eigenvalue weighted by atomic mass is 19.1. The second-order valence-electron chi connectivity index (χ2n) is 5.91. The Bertz CT molecular complexity index is 1210. The van der Waals surface area contributed by atoms with E-state index in [0.29, 0.717) is 40.0 Å². The molecule has 0 aliphatic heterocycles. The number of H-pyrrole nitrogens is 1. The topological polar surface area (TPSA) is 101 Å². The predicted octanol–water partition coefficient (Wildman–Crippen LogP) is 2.68. The molecule has 0 spiro atoms. The number of imidazole rings is 1. The minimum Gasteiger partial charge on any atom is -0.465 e. The van der Waals surface area contributed by atoms with Crippen LogP contribution in [0.1, 0.15) is 15.9 Å². The summed E-state index contributed by atoms with van der Waals surface area (Å²) in [6.45, 7) is 1.60. The summed E-state index contributed by atoms with van der Waals surface area (Å²) in [5, 5.41) is 9.74. The molecule has 0 radical (unpaired) electrons. The van der Waals surface area contributed by atoms with Crippen LogP contribution in [-0.2, 0) is 9.53 Å². The molecule has 1 aromatic carbocycles. The Morgan fingerprint density at radius 2 is 2.19 bits per heavy atom. The number of aromatic nitrogens is 4. The fraction of sp³-hybridized carbons (Fsp3) is 0.111. The van der Waals surface area contributed by atoms with Gasteiger partial charge in [-0.2, -0.15) is 5.10 Å². The summed E-state index contributed by atoms with van der Waals surface area (Å²) in [5.41, 5.74) is 2.33. The van der Waals surface area contributed by atoms with Gasteiger partial charge in [0.05, 0.1) is 25.0 Å². The molecule has 3 heterocycles. The van der Waals surface area contributed by atoms with E-state index < -0.39 is 11.8 Å². The number of hydrogen-bond donors (Lipinski definition) is 2. The molecule has 0 atom stereocenters. The third-order valence-corrected chi connectivity index (χ3v) is 4.42. The third-order valence-electron chi connectivity index (χ3n) is 4.42. The van der Waals surface area contributed by atoms with Gasteiger partial charge in [-0.1, -0.05) is 0 Å². The number of amides is 1. The van der Waals surface area contributed by atoms with Crippen LogP contribution in [0.5, 0.6) is 0 Å². The molecule has 0 saturated carbocycles. The van der Waals surface area contributed by atoms with E-state index in [1.807, 2.05) is 0 Å². The summed E-state index contributed by atoms with van der Waals surface area (Å²) >= 11 is 0. The zero-order valence-corrected chi connectivity index (χ0v) is 14.4. The number of benzene rings is 1. The van der Waals surface area contributed by atoms with Crippen LogP contribution < -0.4 is 5.32 Å². The van der Waals surface area contributed by atoms with Crippen molar-refractivity contribution >= 4 is 34.7 Å².